The van der Waals surface area contributed by atoms with E-state index in [9.17, 15) is 15.3 Å². The fourth-order valence-corrected chi connectivity index (χ4v) is 3.34. The van der Waals surface area contributed by atoms with Gasteiger partial charge in [0.2, 0.25) is 5.91 Å². The molecule has 1 aromatic rings. The topological polar surface area (TPSA) is 108 Å². The normalized spacial score (nSPS) is 21.8. The van der Waals surface area contributed by atoms with Gasteiger partial charge in [-0.05, 0) is 24.7 Å². The number of carbonyl (C=O) groups excluding carboxylic acids is 1. The summed E-state index contributed by atoms with van der Waals surface area (Å²) in [5.74, 6) is -1.21. The van der Waals surface area contributed by atoms with E-state index in [2.05, 4.69) is 29.9 Å². The molecule has 0 aromatic heterocycles. The summed E-state index contributed by atoms with van der Waals surface area (Å²) in [5, 5.41) is 21.2. The molecule has 0 saturated carbocycles. The number of amides is 1. The molecule has 2 heterocycles. The fraction of sp³-hybridized carbons (Fsp3) is 0.450. The van der Waals surface area contributed by atoms with Crippen molar-refractivity contribution in [3.05, 3.63) is 34.4 Å². The van der Waals surface area contributed by atoms with Gasteiger partial charge in [0.1, 0.15) is 5.92 Å². The van der Waals surface area contributed by atoms with Gasteiger partial charge in [0.25, 0.3) is 0 Å². The molecule has 1 fully saturated rings. The Labute approximate surface area is 176 Å². The van der Waals surface area contributed by atoms with Crippen molar-refractivity contribution in [2.24, 2.45) is 5.92 Å². The van der Waals surface area contributed by atoms with Crippen molar-refractivity contribution in [3.63, 3.8) is 0 Å². The van der Waals surface area contributed by atoms with E-state index in [0.29, 0.717) is 17.1 Å². The standard InChI is InChI=1S/C15H13N3O3S.C5H11NO/c1-20-11-4-3-8(5-12(11)21-2)13-9(6-16)14(19)18-15(22)10(13)7-17;1-6-2-4-7-5-3-6/h3-5,9,13,22H,1-2H3,(H,18,19);2-5H2,1H3/t9-,13-;/m1./s1. The molecule has 9 heteroatoms. The van der Waals surface area contributed by atoms with Gasteiger partial charge in [-0.15, -0.1) is 12.6 Å². The largest absolute Gasteiger partial charge is 0.493 e. The van der Waals surface area contributed by atoms with Crippen LogP contribution >= 0.6 is 12.6 Å². The lowest BCUT2D eigenvalue weighted by Crippen LogP contribution is -2.38. The molecular weight excluding hydrogens is 392 g/mol. The van der Waals surface area contributed by atoms with Crippen LogP contribution in [0, 0.1) is 28.6 Å². The highest BCUT2D eigenvalue weighted by Gasteiger charge is 2.38. The van der Waals surface area contributed by atoms with Crippen molar-refractivity contribution >= 4 is 18.5 Å². The van der Waals surface area contributed by atoms with Gasteiger partial charge in [-0.25, -0.2) is 0 Å². The van der Waals surface area contributed by atoms with Crippen molar-refractivity contribution in [1.29, 1.82) is 10.5 Å². The van der Waals surface area contributed by atoms with Gasteiger partial charge >= 0.3 is 0 Å². The monoisotopic (exact) mass is 416 g/mol. The number of thiol groups is 1. The minimum Gasteiger partial charge on any atom is -0.493 e. The molecule has 154 valence electrons. The van der Waals surface area contributed by atoms with Gasteiger partial charge in [-0.3, -0.25) is 4.79 Å². The number of ether oxygens (including phenoxy) is 3. The minimum absolute atomic E-state index is 0.166. The molecule has 1 aromatic carbocycles. The Morgan fingerprint density at radius 2 is 1.86 bits per heavy atom. The van der Waals surface area contributed by atoms with E-state index in [4.69, 9.17) is 14.2 Å². The van der Waals surface area contributed by atoms with Crippen LogP contribution in [0.25, 0.3) is 0 Å². The molecule has 0 unspecified atom stereocenters. The molecule has 1 saturated heterocycles. The van der Waals surface area contributed by atoms with Gasteiger partial charge in [0, 0.05) is 19.0 Å². The average molecular weight is 417 g/mol. The van der Waals surface area contributed by atoms with E-state index < -0.39 is 17.7 Å². The number of hydrogen-bond donors (Lipinski definition) is 2. The summed E-state index contributed by atoms with van der Waals surface area (Å²) in [7, 11) is 5.11. The van der Waals surface area contributed by atoms with Crippen LogP contribution in [0.5, 0.6) is 11.5 Å². The maximum Gasteiger partial charge on any atom is 0.243 e. The molecule has 1 N–H and O–H groups in total. The second kappa shape index (κ2) is 10.7. The lowest BCUT2D eigenvalue weighted by Gasteiger charge is -2.27. The molecule has 2 aliphatic heterocycles. The number of methoxy groups -OCH3 is 2. The zero-order chi connectivity index (χ0) is 21.4. The molecule has 8 nitrogen and oxygen atoms in total. The zero-order valence-corrected chi connectivity index (χ0v) is 17.5. The first-order chi connectivity index (χ1) is 14.0. The number of rotatable bonds is 3. The Bertz CT molecular complexity index is 853. The molecular formula is C20H24N4O4S. The third-order valence-electron chi connectivity index (χ3n) is 4.68. The van der Waals surface area contributed by atoms with Crippen LogP contribution in [0.2, 0.25) is 0 Å². The lowest BCUT2D eigenvalue weighted by molar-refractivity contribution is -0.123. The summed E-state index contributed by atoms with van der Waals surface area (Å²) in [4.78, 5) is 14.2. The third kappa shape index (κ3) is 5.42. The Hall–Kier alpha value is -2.72. The van der Waals surface area contributed by atoms with Gasteiger partial charge in [-0.2, -0.15) is 10.5 Å². The first-order valence-corrected chi connectivity index (χ1v) is 9.43. The van der Waals surface area contributed by atoms with E-state index in [1.165, 1.54) is 14.2 Å². The summed E-state index contributed by atoms with van der Waals surface area (Å²) in [6.07, 6.45) is 0. The van der Waals surface area contributed by atoms with Crippen molar-refractivity contribution in [2.75, 3.05) is 47.6 Å². The third-order valence-corrected chi connectivity index (χ3v) is 5.04. The number of benzene rings is 1. The highest BCUT2D eigenvalue weighted by molar-refractivity contribution is 7.84. The molecule has 0 aliphatic carbocycles. The zero-order valence-electron chi connectivity index (χ0n) is 16.6. The second-order valence-corrected chi connectivity index (χ2v) is 6.93. The lowest BCUT2D eigenvalue weighted by atomic mass is 9.79. The predicted molar refractivity (Wildman–Crippen MR) is 109 cm³/mol. The van der Waals surface area contributed by atoms with Gasteiger partial charge in [-0.1, -0.05) is 6.07 Å². The average Bonchev–Trinajstić information content (AvgIpc) is 2.73. The highest BCUT2D eigenvalue weighted by atomic mass is 32.1. The quantitative estimate of drug-likeness (QED) is 0.722. The summed E-state index contributed by atoms with van der Waals surface area (Å²) in [6.45, 7) is 4.02. The van der Waals surface area contributed by atoms with E-state index >= 15 is 0 Å². The van der Waals surface area contributed by atoms with Crippen molar-refractivity contribution in [2.45, 2.75) is 5.92 Å². The van der Waals surface area contributed by atoms with Crippen LogP contribution in [-0.4, -0.2) is 58.4 Å². The Morgan fingerprint density at radius 1 is 1.21 bits per heavy atom. The van der Waals surface area contributed by atoms with E-state index in [-0.39, 0.29) is 10.6 Å². The fourth-order valence-electron chi connectivity index (χ4n) is 3.04. The second-order valence-electron chi connectivity index (χ2n) is 6.48. The number of morpholine rings is 1. The van der Waals surface area contributed by atoms with Crippen LogP contribution in [-0.2, 0) is 9.53 Å². The van der Waals surface area contributed by atoms with E-state index in [1.54, 1.807) is 18.2 Å². The van der Waals surface area contributed by atoms with E-state index in [0.717, 1.165) is 26.3 Å². The summed E-state index contributed by atoms with van der Waals surface area (Å²) >= 11 is 4.13. The summed E-state index contributed by atoms with van der Waals surface area (Å²) in [6, 6.07) is 9.00. The Kier molecular flexibility index (Phi) is 8.34. The van der Waals surface area contributed by atoms with Crippen LogP contribution < -0.4 is 14.8 Å². The van der Waals surface area contributed by atoms with Crippen LogP contribution in [0.15, 0.2) is 28.8 Å². The van der Waals surface area contributed by atoms with Gasteiger partial charge < -0.3 is 24.4 Å². The number of nitrogens with one attached hydrogen (secondary N) is 1. The smallest absolute Gasteiger partial charge is 0.243 e. The van der Waals surface area contributed by atoms with Crippen molar-refractivity contribution < 1.29 is 19.0 Å². The molecule has 1 amide bonds. The van der Waals surface area contributed by atoms with Crippen LogP contribution in [0.3, 0.4) is 0 Å². The number of nitrogens with zero attached hydrogens (tertiary/aromatic N) is 3. The van der Waals surface area contributed by atoms with Crippen molar-refractivity contribution in [1.82, 2.24) is 10.2 Å². The molecule has 0 radical (unpaired) electrons. The first kappa shape index (κ1) is 22.6. The first-order valence-electron chi connectivity index (χ1n) is 8.98. The summed E-state index contributed by atoms with van der Waals surface area (Å²) in [5.41, 5.74) is 0.851. The number of carbonyl (C=O) groups is 1. The van der Waals surface area contributed by atoms with E-state index in [1.807, 2.05) is 12.1 Å². The van der Waals surface area contributed by atoms with Crippen LogP contribution in [0.4, 0.5) is 0 Å². The Balaban J connectivity index is 0.000000360. The van der Waals surface area contributed by atoms with Crippen molar-refractivity contribution in [3.8, 4) is 23.6 Å². The molecule has 0 bridgehead atoms. The molecule has 0 spiro atoms. The predicted octanol–water partition coefficient (Wildman–Crippen LogP) is 1.67. The molecule has 2 aliphatic rings. The van der Waals surface area contributed by atoms with Gasteiger partial charge in [0.05, 0.1) is 50.2 Å². The highest BCUT2D eigenvalue weighted by Crippen LogP contribution is 2.40. The Morgan fingerprint density at radius 3 is 2.34 bits per heavy atom. The molecule has 29 heavy (non-hydrogen) atoms. The minimum atomic E-state index is -1.01. The number of allylic oxidation sites excluding steroid dienone is 1. The molecule has 2 atom stereocenters. The maximum atomic E-state index is 12.0. The van der Waals surface area contributed by atoms with Crippen LogP contribution in [0.1, 0.15) is 11.5 Å². The number of hydrogen-bond acceptors (Lipinski definition) is 8. The number of likely N-dealkylation sites (N-methyl/N-ethyl adjacent to an activating group) is 1. The SMILES string of the molecule is CN1CCOCC1.COc1ccc([C@H]2C(C#N)=C(S)NC(=O)[C@@H]2C#N)cc1OC. The summed E-state index contributed by atoms with van der Waals surface area (Å²) < 4.78 is 15.5. The molecule has 3 rings (SSSR count). The maximum absolute atomic E-state index is 12.0. The van der Waals surface area contributed by atoms with Gasteiger partial charge in [0.15, 0.2) is 11.5 Å². The number of nitriles is 2.